The summed E-state index contributed by atoms with van der Waals surface area (Å²) < 4.78 is 5.03. The number of nitrogens with zero attached hydrogens (tertiary/aromatic N) is 1. The molecule has 0 fully saturated rings. The minimum absolute atomic E-state index is 0.429. The molecule has 0 unspecified atom stereocenters. The van der Waals surface area contributed by atoms with E-state index in [1.54, 1.807) is 24.7 Å². The fraction of sp³-hybridized carbons (Fsp3) is 0.214. The molecule has 0 spiro atoms. The summed E-state index contributed by atoms with van der Waals surface area (Å²) in [5, 5.41) is 0. The van der Waals surface area contributed by atoms with E-state index in [1.165, 1.54) is 0 Å². The highest BCUT2D eigenvalue weighted by Gasteiger charge is 2.08. The lowest BCUT2D eigenvalue weighted by atomic mass is 10.1. The summed E-state index contributed by atoms with van der Waals surface area (Å²) in [4.78, 5) is 13.2. The normalized spacial score (nSPS) is 10.8. The number of hydrogen-bond acceptors (Lipinski definition) is 4. The molecule has 0 aliphatic rings. The summed E-state index contributed by atoms with van der Waals surface area (Å²) >= 11 is 0. The Bertz CT molecular complexity index is 564. The second kappa shape index (κ2) is 5.58. The van der Waals surface area contributed by atoms with Gasteiger partial charge in [-0.15, -0.1) is 0 Å². The molecule has 1 aromatic heterocycles. The molecule has 0 aliphatic heterocycles. The van der Waals surface area contributed by atoms with Crippen LogP contribution in [0.1, 0.15) is 21.5 Å². The molecule has 0 radical (unpaired) electrons. The number of rotatable bonds is 5. The predicted molar refractivity (Wildman–Crippen MR) is 73.3 cm³/mol. The van der Waals surface area contributed by atoms with E-state index in [1.807, 2.05) is 19.2 Å². The first-order chi connectivity index (χ1) is 9.06. The van der Waals surface area contributed by atoms with Gasteiger partial charge in [-0.2, -0.15) is 0 Å². The number of amides is 1. The topological polar surface area (TPSA) is 85.5 Å². The van der Waals surface area contributed by atoms with Gasteiger partial charge >= 0.3 is 0 Å². The van der Waals surface area contributed by atoms with Crippen molar-refractivity contribution in [3.8, 4) is 0 Å². The van der Waals surface area contributed by atoms with Gasteiger partial charge in [0.15, 0.2) is 0 Å². The summed E-state index contributed by atoms with van der Waals surface area (Å²) in [6.45, 7) is 1.46. The fourth-order valence-corrected chi connectivity index (χ4v) is 1.93. The molecule has 0 atom stereocenters. The van der Waals surface area contributed by atoms with Gasteiger partial charge in [-0.1, -0.05) is 6.07 Å². The highest BCUT2D eigenvalue weighted by molar-refractivity contribution is 5.93. The summed E-state index contributed by atoms with van der Waals surface area (Å²) in [6.07, 6.45) is 3.37. The molecular formula is C14H17N3O2. The van der Waals surface area contributed by atoms with Crippen LogP contribution in [-0.2, 0) is 13.1 Å². The van der Waals surface area contributed by atoms with Crippen molar-refractivity contribution in [1.29, 1.82) is 0 Å². The molecule has 1 aromatic carbocycles. The molecule has 4 N–H and O–H groups in total. The third-order valence-corrected chi connectivity index (χ3v) is 2.90. The van der Waals surface area contributed by atoms with E-state index in [-0.39, 0.29) is 0 Å². The maximum absolute atomic E-state index is 11.0. The summed E-state index contributed by atoms with van der Waals surface area (Å²) in [6, 6.07) is 7.07. The lowest BCUT2D eigenvalue weighted by Crippen LogP contribution is -2.18. The van der Waals surface area contributed by atoms with Crippen molar-refractivity contribution >= 4 is 11.6 Å². The second-order valence-electron chi connectivity index (χ2n) is 4.58. The Kier molecular flexibility index (Phi) is 3.87. The van der Waals surface area contributed by atoms with E-state index in [4.69, 9.17) is 15.9 Å². The number of carbonyl (C=O) groups excluding carboxylic acids is 1. The Morgan fingerprint density at radius 3 is 2.68 bits per heavy atom. The summed E-state index contributed by atoms with van der Waals surface area (Å²) in [5.74, 6) is -0.468. The molecular weight excluding hydrogens is 242 g/mol. The Morgan fingerprint density at radius 1 is 1.32 bits per heavy atom. The summed E-state index contributed by atoms with van der Waals surface area (Å²) in [5.41, 5.74) is 14.2. The van der Waals surface area contributed by atoms with Crippen LogP contribution < -0.4 is 11.5 Å². The Hall–Kier alpha value is -2.27. The minimum Gasteiger partial charge on any atom is -0.472 e. The lowest BCUT2D eigenvalue weighted by molar-refractivity contribution is 0.100. The van der Waals surface area contributed by atoms with Crippen molar-refractivity contribution in [1.82, 2.24) is 4.90 Å². The molecule has 19 heavy (non-hydrogen) atoms. The van der Waals surface area contributed by atoms with Crippen LogP contribution in [0.15, 0.2) is 41.2 Å². The van der Waals surface area contributed by atoms with Crippen LogP contribution in [0, 0.1) is 0 Å². The smallest absolute Gasteiger partial charge is 0.248 e. The zero-order valence-corrected chi connectivity index (χ0v) is 10.8. The highest BCUT2D eigenvalue weighted by Crippen LogP contribution is 2.17. The quantitative estimate of drug-likeness (QED) is 0.798. The predicted octanol–water partition coefficient (Wildman–Crippen LogP) is 1.59. The van der Waals surface area contributed by atoms with Gasteiger partial charge < -0.3 is 15.9 Å². The van der Waals surface area contributed by atoms with Crippen molar-refractivity contribution in [2.75, 3.05) is 12.8 Å². The average molecular weight is 259 g/mol. The van der Waals surface area contributed by atoms with Gasteiger partial charge in [-0.25, -0.2) is 0 Å². The molecule has 0 saturated carbocycles. The fourth-order valence-electron chi connectivity index (χ4n) is 1.93. The third-order valence-electron chi connectivity index (χ3n) is 2.90. The lowest BCUT2D eigenvalue weighted by Gasteiger charge is -2.17. The van der Waals surface area contributed by atoms with E-state index < -0.39 is 5.91 Å². The third kappa shape index (κ3) is 3.35. The number of carbonyl (C=O) groups is 1. The Morgan fingerprint density at radius 2 is 2.11 bits per heavy atom. The largest absolute Gasteiger partial charge is 0.472 e. The number of primary amides is 1. The molecule has 0 aliphatic carbocycles. The molecule has 2 rings (SSSR count). The van der Waals surface area contributed by atoms with Crippen LogP contribution in [0.2, 0.25) is 0 Å². The molecule has 0 bridgehead atoms. The summed E-state index contributed by atoms with van der Waals surface area (Å²) in [7, 11) is 1.99. The molecule has 0 saturated heterocycles. The van der Waals surface area contributed by atoms with Crippen LogP contribution in [0.4, 0.5) is 5.69 Å². The first-order valence-electron chi connectivity index (χ1n) is 5.94. The molecule has 5 heteroatoms. The maximum atomic E-state index is 11.0. The van der Waals surface area contributed by atoms with Crippen LogP contribution >= 0.6 is 0 Å². The zero-order chi connectivity index (χ0) is 13.8. The molecule has 100 valence electrons. The van der Waals surface area contributed by atoms with E-state index >= 15 is 0 Å². The number of nitrogens with two attached hydrogens (primary N) is 2. The van der Waals surface area contributed by atoms with Gasteiger partial charge in [0.1, 0.15) is 0 Å². The van der Waals surface area contributed by atoms with Gasteiger partial charge in [-0.3, -0.25) is 9.69 Å². The molecule has 1 heterocycles. The van der Waals surface area contributed by atoms with Crippen LogP contribution in [0.25, 0.3) is 0 Å². The Balaban J connectivity index is 2.04. The first-order valence-corrected chi connectivity index (χ1v) is 5.94. The van der Waals surface area contributed by atoms with Crippen molar-refractivity contribution < 1.29 is 9.21 Å². The standard InChI is InChI=1S/C14H17N3O2/c1-17(7-10-4-5-19-9-10)8-12-3-2-11(14(16)18)6-13(12)15/h2-6,9H,7-8,15H2,1H3,(H2,16,18). The van der Waals surface area contributed by atoms with Crippen molar-refractivity contribution in [2.45, 2.75) is 13.1 Å². The molecule has 5 nitrogen and oxygen atoms in total. The van der Waals surface area contributed by atoms with E-state index in [0.717, 1.165) is 17.7 Å². The SMILES string of the molecule is CN(Cc1ccoc1)Cc1ccc(C(N)=O)cc1N. The number of anilines is 1. The monoisotopic (exact) mass is 259 g/mol. The minimum atomic E-state index is -0.468. The Labute approximate surface area is 111 Å². The number of furan rings is 1. The maximum Gasteiger partial charge on any atom is 0.248 e. The van der Waals surface area contributed by atoms with Crippen molar-refractivity contribution in [2.24, 2.45) is 5.73 Å². The molecule has 2 aromatic rings. The van der Waals surface area contributed by atoms with Crippen LogP contribution in [-0.4, -0.2) is 17.9 Å². The van der Waals surface area contributed by atoms with E-state index in [9.17, 15) is 4.79 Å². The van der Waals surface area contributed by atoms with Gasteiger partial charge in [0, 0.05) is 29.9 Å². The molecule has 1 amide bonds. The van der Waals surface area contributed by atoms with Gasteiger partial charge in [-0.05, 0) is 30.8 Å². The van der Waals surface area contributed by atoms with E-state index in [0.29, 0.717) is 17.8 Å². The van der Waals surface area contributed by atoms with Crippen molar-refractivity contribution in [3.63, 3.8) is 0 Å². The number of nitrogen functional groups attached to an aromatic ring is 1. The average Bonchev–Trinajstić information content (AvgIpc) is 2.84. The number of benzene rings is 1. The van der Waals surface area contributed by atoms with E-state index in [2.05, 4.69) is 4.90 Å². The second-order valence-corrected chi connectivity index (χ2v) is 4.58. The zero-order valence-electron chi connectivity index (χ0n) is 10.8. The highest BCUT2D eigenvalue weighted by atomic mass is 16.3. The first kappa shape index (κ1) is 13.2. The van der Waals surface area contributed by atoms with Gasteiger partial charge in [0.05, 0.1) is 12.5 Å². The van der Waals surface area contributed by atoms with Gasteiger partial charge in [0.2, 0.25) is 5.91 Å². The number of hydrogen-bond donors (Lipinski definition) is 2. The van der Waals surface area contributed by atoms with Crippen LogP contribution in [0.3, 0.4) is 0 Å². The van der Waals surface area contributed by atoms with Crippen LogP contribution in [0.5, 0.6) is 0 Å². The van der Waals surface area contributed by atoms with Gasteiger partial charge in [0.25, 0.3) is 0 Å². The van der Waals surface area contributed by atoms with Crippen molar-refractivity contribution in [3.05, 3.63) is 53.5 Å².